The molecular weight excluding hydrogens is 474 g/mol. The van der Waals surface area contributed by atoms with E-state index < -0.39 is 6.03 Å². The summed E-state index contributed by atoms with van der Waals surface area (Å²) >= 11 is 11.8. The van der Waals surface area contributed by atoms with Gasteiger partial charge >= 0.3 is 6.03 Å². The lowest BCUT2D eigenvalue weighted by Gasteiger charge is -2.23. The fraction of sp³-hybridized carbons (Fsp3) is 0.154. The van der Waals surface area contributed by atoms with Crippen molar-refractivity contribution < 1.29 is 9.18 Å². The molecule has 4 aromatic rings. The van der Waals surface area contributed by atoms with Gasteiger partial charge in [-0.15, -0.1) is 23.2 Å². The van der Waals surface area contributed by atoms with Gasteiger partial charge in [0.1, 0.15) is 5.82 Å². The number of pyridine rings is 1. The Labute approximate surface area is 207 Å². The van der Waals surface area contributed by atoms with Crippen LogP contribution in [0.2, 0.25) is 0 Å². The summed E-state index contributed by atoms with van der Waals surface area (Å²) in [5.74, 6) is 0.645. The molecule has 1 heterocycles. The van der Waals surface area contributed by atoms with E-state index in [1.807, 2.05) is 48.5 Å². The number of urea groups is 1. The number of fused-ring (bicyclic) bond motifs is 1. The van der Waals surface area contributed by atoms with Gasteiger partial charge in [-0.1, -0.05) is 30.3 Å². The predicted octanol–water partition coefficient (Wildman–Crippen LogP) is 6.97. The van der Waals surface area contributed by atoms with Crippen LogP contribution in [0.15, 0.2) is 78.9 Å². The molecule has 0 aliphatic rings. The number of nitrogens with zero attached hydrogens (tertiary/aromatic N) is 2. The standard InChI is InChI=1S/C26H23Cl2FN4O/c27-12-14-33(15-13-28)21-10-8-20(9-11-21)30-26(34)32-25-17-24(18-4-3-5-19(29)16-18)31-23-7-2-1-6-22(23)25/h1-11,16-17H,12-15H2,(H2,30,31,32,34). The van der Waals surface area contributed by atoms with Gasteiger partial charge in [0.25, 0.3) is 0 Å². The lowest BCUT2D eigenvalue weighted by Crippen LogP contribution is -2.27. The van der Waals surface area contributed by atoms with Crippen molar-refractivity contribution >= 4 is 57.2 Å². The van der Waals surface area contributed by atoms with Gasteiger partial charge < -0.3 is 15.5 Å². The van der Waals surface area contributed by atoms with Gasteiger partial charge in [-0.05, 0) is 48.5 Å². The maximum absolute atomic E-state index is 13.8. The average Bonchev–Trinajstić information content (AvgIpc) is 2.84. The minimum Gasteiger partial charge on any atom is -0.369 e. The Morgan fingerprint density at radius 2 is 1.62 bits per heavy atom. The van der Waals surface area contributed by atoms with Crippen molar-refractivity contribution in [2.24, 2.45) is 0 Å². The molecule has 3 aromatic carbocycles. The third-order valence-electron chi connectivity index (χ3n) is 5.28. The zero-order chi connectivity index (χ0) is 23.9. The van der Waals surface area contributed by atoms with E-state index >= 15 is 0 Å². The molecule has 0 atom stereocenters. The van der Waals surface area contributed by atoms with E-state index in [1.54, 1.807) is 18.2 Å². The van der Waals surface area contributed by atoms with Crippen molar-refractivity contribution in [1.82, 2.24) is 4.98 Å². The van der Waals surface area contributed by atoms with Gasteiger partial charge in [0.2, 0.25) is 0 Å². The number of alkyl halides is 2. The number of aromatic nitrogens is 1. The second-order valence-electron chi connectivity index (χ2n) is 7.57. The van der Waals surface area contributed by atoms with Crippen molar-refractivity contribution in [2.45, 2.75) is 0 Å². The molecule has 0 fully saturated rings. The van der Waals surface area contributed by atoms with E-state index in [0.717, 1.165) is 11.1 Å². The number of para-hydroxylation sites is 1. The highest BCUT2D eigenvalue weighted by atomic mass is 35.5. The average molecular weight is 497 g/mol. The van der Waals surface area contributed by atoms with Crippen LogP contribution in [0.4, 0.5) is 26.2 Å². The Bertz CT molecular complexity index is 1280. The molecule has 5 nitrogen and oxygen atoms in total. The fourth-order valence-corrected chi connectivity index (χ4v) is 4.10. The van der Waals surface area contributed by atoms with E-state index in [4.69, 9.17) is 23.2 Å². The van der Waals surface area contributed by atoms with Crippen molar-refractivity contribution in [3.05, 3.63) is 84.7 Å². The van der Waals surface area contributed by atoms with Crippen LogP contribution < -0.4 is 15.5 Å². The van der Waals surface area contributed by atoms with Crippen molar-refractivity contribution in [3.63, 3.8) is 0 Å². The summed E-state index contributed by atoms with van der Waals surface area (Å²) in [6.07, 6.45) is 0. The molecule has 174 valence electrons. The number of carbonyl (C=O) groups is 1. The van der Waals surface area contributed by atoms with Crippen LogP contribution in [-0.2, 0) is 0 Å². The number of amides is 2. The van der Waals surface area contributed by atoms with Gasteiger partial charge in [0.05, 0.1) is 16.9 Å². The molecule has 0 aliphatic heterocycles. The SMILES string of the molecule is O=C(Nc1ccc(N(CCCl)CCCl)cc1)Nc1cc(-c2cccc(F)c2)nc2ccccc12. The number of carbonyl (C=O) groups excluding carboxylic acids is 1. The summed E-state index contributed by atoms with van der Waals surface area (Å²) in [5.41, 5.74) is 4.09. The Morgan fingerprint density at radius 1 is 0.882 bits per heavy atom. The first-order chi connectivity index (χ1) is 16.6. The topological polar surface area (TPSA) is 57.3 Å². The summed E-state index contributed by atoms with van der Waals surface area (Å²) in [4.78, 5) is 19.5. The molecule has 0 bridgehead atoms. The van der Waals surface area contributed by atoms with Crippen molar-refractivity contribution in [1.29, 1.82) is 0 Å². The second-order valence-corrected chi connectivity index (χ2v) is 8.33. The number of halogens is 3. The van der Waals surface area contributed by atoms with Crippen LogP contribution >= 0.6 is 23.2 Å². The molecule has 8 heteroatoms. The Hall–Kier alpha value is -3.35. The first-order valence-corrected chi connectivity index (χ1v) is 11.8. The third-order valence-corrected chi connectivity index (χ3v) is 5.62. The molecule has 4 rings (SSSR count). The van der Waals surface area contributed by atoms with Crippen LogP contribution in [0, 0.1) is 5.82 Å². The third kappa shape index (κ3) is 5.76. The normalized spacial score (nSPS) is 10.8. The zero-order valence-corrected chi connectivity index (χ0v) is 19.8. The molecule has 34 heavy (non-hydrogen) atoms. The van der Waals surface area contributed by atoms with E-state index in [0.29, 0.717) is 53.0 Å². The maximum atomic E-state index is 13.8. The van der Waals surface area contributed by atoms with Gasteiger partial charge in [-0.25, -0.2) is 14.2 Å². The van der Waals surface area contributed by atoms with Crippen molar-refractivity contribution in [2.75, 3.05) is 40.4 Å². The molecule has 0 saturated carbocycles. The minimum atomic E-state index is -0.396. The molecular formula is C26H23Cl2FN4O. The summed E-state index contributed by atoms with van der Waals surface area (Å²) in [7, 11) is 0. The minimum absolute atomic E-state index is 0.348. The largest absolute Gasteiger partial charge is 0.369 e. The van der Waals surface area contributed by atoms with E-state index in [1.165, 1.54) is 12.1 Å². The summed E-state index contributed by atoms with van der Waals surface area (Å²) < 4.78 is 13.8. The molecule has 1 aromatic heterocycles. The van der Waals surface area contributed by atoms with Crippen LogP contribution in [0.5, 0.6) is 0 Å². The Balaban J connectivity index is 1.55. The smallest absolute Gasteiger partial charge is 0.323 e. The second kappa shape index (κ2) is 11.2. The highest BCUT2D eigenvalue weighted by Gasteiger charge is 2.12. The van der Waals surface area contributed by atoms with E-state index in [9.17, 15) is 9.18 Å². The summed E-state index contributed by atoms with van der Waals surface area (Å²) in [6.45, 7) is 1.37. The van der Waals surface area contributed by atoms with E-state index in [-0.39, 0.29) is 5.82 Å². The lowest BCUT2D eigenvalue weighted by atomic mass is 10.1. The van der Waals surface area contributed by atoms with Crippen LogP contribution in [0.1, 0.15) is 0 Å². The monoisotopic (exact) mass is 496 g/mol. The van der Waals surface area contributed by atoms with Gasteiger partial charge in [-0.3, -0.25) is 0 Å². The molecule has 0 saturated heterocycles. The Morgan fingerprint density at radius 3 is 2.32 bits per heavy atom. The molecule has 0 spiro atoms. The number of benzene rings is 3. The molecule has 2 amide bonds. The molecule has 2 N–H and O–H groups in total. The number of hydrogen-bond donors (Lipinski definition) is 2. The first-order valence-electron chi connectivity index (χ1n) is 10.8. The van der Waals surface area contributed by atoms with Gasteiger partial charge in [-0.2, -0.15) is 0 Å². The zero-order valence-electron chi connectivity index (χ0n) is 18.3. The van der Waals surface area contributed by atoms with Gasteiger partial charge in [0.15, 0.2) is 0 Å². The predicted molar refractivity (Wildman–Crippen MR) is 140 cm³/mol. The van der Waals surface area contributed by atoms with Crippen molar-refractivity contribution in [3.8, 4) is 11.3 Å². The molecule has 0 unspecified atom stereocenters. The number of rotatable bonds is 8. The first kappa shape index (κ1) is 23.8. The molecule has 0 radical (unpaired) electrons. The summed E-state index contributed by atoms with van der Waals surface area (Å²) in [5, 5.41) is 6.54. The Kier molecular flexibility index (Phi) is 7.83. The highest BCUT2D eigenvalue weighted by Crippen LogP contribution is 2.29. The maximum Gasteiger partial charge on any atom is 0.323 e. The molecule has 0 aliphatic carbocycles. The van der Waals surface area contributed by atoms with Crippen LogP contribution in [0.25, 0.3) is 22.2 Å². The highest BCUT2D eigenvalue weighted by molar-refractivity contribution is 6.18. The fourth-order valence-electron chi connectivity index (χ4n) is 3.69. The number of anilines is 3. The van der Waals surface area contributed by atoms with Crippen LogP contribution in [0.3, 0.4) is 0 Å². The van der Waals surface area contributed by atoms with E-state index in [2.05, 4.69) is 20.5 Å². The number of nitrogens with one attached hydrogen (secondary N) is 2. The lowest BCUT2D eigenvalue weighted by molar-refractivity contribution is 0.262. The summed E-state index contributed by atoms with van der Waals surface area (Å²) in [6, 6.07) is 22.5. The van der Waals surface area contributed by atoms with Crippen LogP contribution in [-0.4, -0.2) is 35.9 Å². The number of hydrogen-bond acceptors (Lipinski definition) is 3. The quantitative estimate of drug-likeness (QED) is 0.259. The van der Waals surface area contributed by atoms with Gasteiger partial charge in [0, 0.05) is 47.2 Å².